The molecule has 2 aliphatic heterocycles. The number of carbonyl (C=O) groups is 1. The topological polar surface area (TPSA) is 98.7 Å². The zero-order valence-electron chi connectivity index (χ0n) is 21.2. The Morgan fingerprint density at radius 1 is 1.16 bits per heavy atom. The van der Waals surface area contributed by atoms with Crippen LogP contribution in [0, 0.1) is 0 Å². The second-order valence-corrected chi connectivity index (χ2v) is 9.57. The van der Waals surface area contributed by atoms with Gasteiger partial charge in [-0.15, -0.1) is 0 Å². The van der Waals surface area contributed by atoms with Gasteiger partial charge in [0.2, 0.25) is 0 Å². The molecule has 1 saturated heterocycles. The molecule has 4 heterocycles. The standard InChI is InChI=1S/C27H32FN5O4/c1-3-8-35-16-25-30-11-17(12-31-25)21-4-5-23-22-9-20(13-29-23)32-19-6-7-33(2)24(10-19)27(34)37-15-18(28)14-36-26(21)22/h4-5,9,11-13,18-19,24,32H,3,6-8,10,14-16H2,1-2H3/t18?,19-,24-/m0/s1. The Bertz CT molecular complexity index is 1240. The van der Waals surface area contributed by atoms with Crippen LogP contribution in [-0.2, 0) is 20.9 Å². The first kappa shape index (κ1) is 25.3. The van der Waals surface area contributed by atoms with E-state index in [1.54, 1.807) is 18.6 Å². The molecule has 37 heavy (non-hydrogen) atoms. The second kappa shape index (κ2) is 11.4. The molecule has 1 aromatic carbocycles. The van der Waals surface area contributed by atoms with E-state index in [9.17, 15) is 9.18 Å². The van der Waals surface area contributed by atoms with Crippen molar-refractivity contribution >= 4 is 22.6 Å². The highest BCUT2D eigenvalue weighted by Gasteiger charge is 2.33. The number of benzene rings is 1. The van der Waals surface area contributed by atoms with E-state index in [1.165, 1.54) is 0 Å². The molecule has 3 aromatic rings. The summed E-state index contributed by atoms with van der Waals surface area (Å²) in [5.41, 5.74) is 2.99. The zero-order valence-corrected chi connectivity index (χ0v) is 21.2. The number of hydrogen-bond acceptors (Lipinski definition) is 9. The van der Waals surface area contributed by atoms with E-state index in [0.29, 0.717) is 31.2 Å². The number of hydrogen-bond donors (Lipinski definition) is 1. The van der Waals surface area contributed by atoms with Crippen molar-refractivity contribution in [2.75, 3.05) is 38.7 Å². The van der Waals surface area contributed by atoms with E-state index in [-0.39, 0.29) is 19.3 Å². The van der Waals surface area contributed by atoms with Crippen LogP contribution in [0.5, 0.6) is 5.75 Å². The molecule has 2 aromatic heterocycles. The third-order valence-corrected chi connectivity index (χ3v) is 6.74. The predicted molar refractivity (Wildman–Crippen MR) is 137 cm³/mol. The Labute approximate surface area is 215 Å². The largest absolute Gasteiger partial charge is 0.489 e. The Morgan fingerprint density at radius 2 is 1.97 bits per heavy atom. The Hall–Kier alpha value is -3.37. The van der Waals surface area contributed by atoms with Crippen LogP contribution in [0.25, 0.3) is 22.0 Å². The van der Waals surface area contributed by atoms with Gasteiger partial charge in [0.25, 0.3) is 0 Å². The van der Waals surface area contributed by atoms with Crippen LogP contribution in [-0.4, -0.2) is 77.5 Å². The van der Waals surface area contributed by atoms with Gasteiger partial charge in [0.05, 0.1) is 17.4 Å². The highest BCUT2D eigenvalue weighted by Crippen LogP contribution is 2.37. The number of anilines is 1. The van der Waals surface area contributed by atoms with Crippen LogP contribution >= 0.6 is 0 Å². The van der Waals surface area contributed by atoms with Crippen LogP contribution in [0.3, 0.4) is 0 Å². The Kier molecular flexibility index (Phi) is 7.76. The molecule has 10 heteroatoms. The van der Waals surface area contributed by atoms with E-state index >= 15 is 0 Å². The van der Waals surface area contributed by atoms with Crippen LogP contribution in [0.15, 0.2) is 36.8 Å². The van der Waals surface area contributed by atoms with Gasteiger partial charge in [0.15, 0.2) is 12.0 Å². The fourth-order valence-corrected chi connectivity index (χ4v) is 4.73. The number of carbonyl (C=O) groups excluding carboxylic acids is 1. The summed E-state index contributed by atoms with van der Waals surface area (Å²) in [4.78, 5) is 28.1. The van der Waals surface area contributed by atoms with E-state index < -0.39 is 18.2 Å². The number of esters is 1. The number of halogens is 1. The number of rotatable bonds is 5. The summed E-state index contributed by atoms with van der Waals surface area (Å²) in [6, 6.07) is 5.39. The smallest absolute Gasteiger partial charge is 0.323 e. The normalized spacial score (nSPS) is 22.7. The summed E-state index contributed by atoms with van der Waals surface area (Å²) in [5, 5.41) is 4.28. The van der Waals surface area contributed by atoms with Crippen molar-refractivity contribution in [2.24, 2.45) is 0 Å². The lowest BCUT2D eigenvalue weighted by molar-refractivity contribution is -0.153. The summed E-state index contributed by atoms with van der Waals surface area (Å²) in [7, 11) is 1.89. The molecular weight excluding hydrogens is 477 g/mol. The summed E-state index contributed by atoms with van der Waals surface area (Å²) in [6.07, 6.45) is 6.07. The number of alkyl halides is 1. The molecule has 1 N–H and O–H groups in total. The number of aromatic nitrogens is 3. The maximum atomic E-state index is 14.9. The quantitative estimate of drug-likeness (QED) is 0.407. The number of ether oxygens (including phenoxy) is 3. The number of nitrogens with one attached hydrogen (secondary N) is 1. The number of pyridine rings is 1. The first-order chi connectivity index (χ1) is 18.0. The minimum absolute atomic E-state index is 0.0561. The SMILES string of the molecule is CCCOCc1ncc(-c2ccc3ncc4cc3c2OCC(F)COC(=O)[C@@H]2C[C@H](CCN2C)N4)cn1. The first-order valence-electron chi connectivity index (χ1n) is 12.7. The lowest BCUT2D eigenvalue weighted by atomic mass is 9.97. The van der Waals surface area contributed by atoms with Crippen LogP contribution in [0.4, 0.5) is 10.1 Å². The molecule has 5 rings (SSSR count). The zero-order chi connectivity index (χ0) is 25.8. The van der Waals surface area contributed by atoms with Crippen molar-refractivity contribution < 1.29 is 23.4 Å². The van der Waals surface area contributed by atoms with E-state index in [0.717, 1.165) is 47.1 Å². The van der Waals surface area contributed by atoms with Gasteiger partial charge in [0, 0.05) is 48.1 Å². The van der Waals surface area contributed by atoms with Crippen molar-refractivity contribution in [3.8, 4) is 16.9 Å². The molecule has 196 valence electrons. The minimum atomic E-state index is -1.48. The van der Waals surface area contributed by atoms with Gasteiger partial charge in [-0.1, -0.05) is 6.92 Å². The highest BCUT2D eigenvalue weighted by atomic mass is 19.1. The third kappa shape index (κ3) is 5.80. The summed E-state index contributed by atoms with van der Waals surface area (Å²) < 4.78 is 31.8. The maximum Gasteiger partial charge on any atom is 0.323 e. The molecule has 0 saturated carbocycles. The maximum absolute atomic E-state index is 14.9. The highest BCUT2D eigenvalue weighted by molar-refractivity contribution is 5.94. The molecule has 2 aliphatic rings. The van der Waals surface area contributed by atoms with Crippen LogP contribution < -0.4 is 10.1 Å². The van der Waals surface area contributed by atoms with Gasteiger partial charge < -0.3 is 19.5 Å². The Balaban J connectivity index is 1.51. The number of likely N-dealkylation sites (tertiary alicyclic amines) is 1. The number of likely N-dealkylation sites (N-methyl/N-ethyl adjacent to an activating group) is 1. The van der Waals surface area contributed by atoms with E-state index in [2.05, 4.69) is 20.3 Å². The second-order valence-electron chi connectivity index (χ2n) is 9.57. The number of cyclic esters (lactones) is 1. The van der Waals surface area contributed by atoms with Gasteiger partial charge in [-0.2, -0.15) is 0 Å². The molecule has 3 atom stereocenters. The van der Waals surface area contributed by atoms with Gasteiger partial charge in [0.1, 0.15) is 31.6 Å². The molecular formula is C27H32FN5O4. The van der Waals surface area contributed by atoms with Crippen LogP contribution in [0.1, 0.15) is 32.0 Å². The summed E-state index contributed by atoms with van der Waals surface area (Å²) in [5.74, 6) is 0.660. The molecule has 9 nitrogen and oxygen atoms in total. The fraction of sp³-hybridized carbons (Fsp3) is 0.481. The number of piperidine rings is 1. The predicted octanol–water partition coefficient (Wildman–Crippen LogP) is 3.77. The first-order valence-corrected chi connectivity index (χ1v) is 12.7. The van der Waals surface area contributed by atoms with Gasteiger partial charge >= 0.3 is 5.97 Å². The van der Waals surface area contributed by atoms with E-state index in [1.807, 2.05) is 37.1 Å². The fourth-order valence-electron chi connectivity index (χ4n) is 4.73. The van der Waals surface area contributed by atoms with Crippen molar-refractivity contribution in [3.05, 3.63) is 42.6 Å². The summed E-state index contributed by atoms with van der Waals surface area (Å²) >= 11 is 0. The van der Waals surface area contributed by atoms with Crippen molar-refractivity contribution in [3.63, 3.8) is 0 Å². The number of fused-ring (bicyclic) bond motifs is 3. The van der Waals surface area contributed by atoms with Crippen molar-refractivity contribution in [1.29, 1.82) is 0 Å². The molecule has 4 bridgehead atoms. The van der Waals surface area contributed by atoms with Crippen molar-refractivity contribution in [1.82, 2.24) is 19.9 Å². The molecule has 0 radical (unpaired) electrons. The van der Waals surface area contributed by atoms with Gasteiger partial charge in [-0.25, -0.2) is 14.4 Å². The minimum Gasteiger partial charge on any atom is -0.489 e. The lowest BCUT2D eigenvalue weighted by Crippen LogP contribution is -2.49. The van der Waals surface area contributed by atoms with E-state index in [4.69, 9.17) is 14.2 Å². The molecule has 1 unspecified atom stereocenters. The Morgan fingerprint density at radius 3 is 2.78 bits per heavy atom. The van der Waals surface area contributed by atoms with Gasteiger partial charge in [-0.05, 0) is 44.5 Å². The van der Waals surface area contributed by atoms with Crippen LogP contribution in [0.2, 0.25) is 0 Å². The summed E-state index contributed by atoms with van der Waals surface area (Å²) in [6.45, 7) is 3.13. The molecule has 0 spiro atoms. The molecule has 0 aliphatic carbocycles. The average Bonchev–Trinajstić information content (AvgIpc) is 2.91. The lowest BCUT2D eigenvalue weighted by Gasteiger charge is -2.36. The van der Waals surface area contributed by atoms with Gasteiger partial charge in [-0.3, -0.25) is 14.7 Å². The average molecular weight is 510 g/mol. The molecule has 1 fully saturated rings. The number of nitrogens with zero attached hydrogens (tertiary/aromatic N) is 4. The monoisotopic (exact) mass is 509 g/mol. The molecule has 0 amide bonds. The van der Waals surface area contributed by atoms with Crippen molar-refractivity contribution in [2.45, 2.75) is 51.0 Å². The third-order valence-electron chi connectivity index (χ3n) is 6.74.